The van der Waals surface area contributed by atoms with E-state index in [-0.39, 0.29) is 0 Å². The molecule has 90 valence electrons. The molecule has 0 radical (unpaired) electrons. The molecule has 3 heteroatoms. The summed E-state index contributed by atoms with van der Waals surface area (Å²) in [6, 6.07) is 6.43. The molecule has 0 amide bonds. The fourth-order valence-corrected chi connectivity index (χ4v) is 1.86. The number of hydrogen-bond donors (Lipinski definition) is 1. The first-order valence-corrected chi connectivity index (χ1v) is 5.93. The normalized spacial score (nSPS) is 12.6. The molecule has 0 aliphatic carbocycles. The van der Waals surface area contributed by atoms with Crippen LogP contribution in [-0.2, 0) is 0 Å². The Morgan fingerprint density at radius 1 is 1.53 bits per heavy atom. The fourth-order valence-electron chi connectivity index (χ4n) is 1.86. The average molecular weight is 230 g/mol. The van der Waals surface area contributed by atoms with Crippen LogP contribution in [-0.4, -0.2) is 11.0 Å². The SMILES string of the molecule is C=CCCC(C)Nc1ccc2oc(C)nc2c1. The van der Waals surface area contributed by atoms with Gasteiger partial charge in [0.05, 0.1) is 0 Å². The number of aromatic nitrogens is 1. The smallest absolute Gasteiger partial charge is 0.192 e. The van der Waals surface area contributed by atoms with Crippen LogP contribution in [0.25, 0.3) is 11.1 Å². The zero-order valence-electron chi connectivity index (χ0n) is 10.4. The lowest BCUT2D eigenvalue weighted by molar-refractivity contribution is 0.561. The highest BCUT2D eigenvalue weighted by Gasteiger charge is 2.05. The van der Waals surface area contributed by atoms with E-state index in [0.29, 0.717) is 11.9 Å². The van der Waals surface area contributed by atoms with E-state index in [1.165, 1.54) is 0 Å². The molecule has 1 heterocycles. The first-order valence-electron chi connectivity index (χ1n) is 5.93. The number of rotatable bonds is 5. The molecule has 0 saturated heterocycles. The maximum absolute atomic E-state index is 5.44. The van der Waals surface area contributed by atoms with Gasteiger partial charge in [-0.05, 0) is 38.0 Å². The van der Waals surface area contributed by atoms with Gasteiger partial charge in [-0.15, -0.1) is 6.58 Å². The van der Waals surface area contributed by atoms with Crippen molar-refractivity contribution in [3.8, 4) is 0 Å². The number of fused-ring (bicyclic) bond motifs is 1. The predicted octanol–water partition coefficient (Wildman–Crippen LogP) is 3.90. The summed E-state index contributed by atoms with van der Waals surface area (Å²) in [5.41, 5.74) is 2.83. The Balaban J connectivity index is 2.10. The van der Waals surface area contributed by atoms with Crippen molar-refractivity contribution >= 4 is 16.8 Å². The van der Waals surface area contributed by atoms with Crippen LogP contribution in [0, 0.1) is 6.92 Å². The fraction of sp³-hybridized carbons (Fsp3) is 0.357. The summed E-state index contributed by atoms with van der Waals surface area (Å²) in [5.74, 6) is 0.705. The summed E-state index contributed by atoms with van der Waals surface area (Å²) < 4.78 is 5.44. The molecular weight excluding hydrogens is 212 g/mol. The first kappa shape index (κ1) is 11.7. The van der Waals surface area contributed by atoms with Crippen LogP contribution in [0.4, 0.5) is 5.69 Å². The van der Waals surface area contributed by atoms with Crippen molar-refractivity contribution in [1.29, 1.82) is 0 Å². The largest absolute Gasteiger partial charge is 0.441 e. The van der Waals surface area contributed by atoms with Crippen molar-refractivity contribution in [2.75, 3.05) is 5.32 Å². The number of hydrogen-bond acceptors (Lipinski definition) is 3. The van der Waals surface area contributed by atoms with Crippen LogP contribution in [0.1, 0.15) is 25.7 Å². The van der Waals surface area contributed by atoms with E-state index < -0.39 is 0 Å². The van der Waals surface area contributed by atoms with E-state index in [0.717, 1.165) is 29.6 Å². The van der Waals surface area contributed by atoms with Gasteiger partial charge in [0, 0.05) is 18.7 Å². The molecule has 0 spiro atoms. The highest BCUT2D eigenvalue weighted by molar-refractivity contribution is 5.77. The van der Waals surface area contributed by atoms with Crippen molar-refractivity contribution in [2.45, 2.75) is 32.7 Å². The molecule has 17 heavy (non-hydrogen) atoms. The van der Waals surface area contributed by atoms with Crippen LogP contribution in [0.15, 0.2) is 35.3 Å². The molecule has 1 N–H and O–H groups in total. The number of nitrogens with one attached hydrogen (secondary N) is 1. The Morgan fingerprint density at radius 3 is 3.12 bits per heavy atom. The van der Waals surface area contributed by atoms with E-state index in [9.17, 15) is 0 Å². The summed E-state index contributed by atoms with van der Waals surface area (Å²) in [5, 5.41) is 3.45. The Kier molecular flexibility index (Phi) is 3.47. The maximum Gasteiger partial charge on any atom is 0.192 e. The molecule has 3 nitrogen and oxygen atoms in total. The Hall–Kier alpha value is -1.77. The highest BCUT2D eigenvalue weighted by Crippen LogP contribution is 2.20. The zero-order valence-corrected chi connectivity index (χ0v) is 10.4. The highest BCUT2D eigenvalue weighted by atomic mass is 16.3. The van der Waals surface area contributed by atoms with Crippen molar-refractivity contribution in [2.24, 2.45) is 0 Å². The quantitative estimate of drug-likeness (QED) is 0.791. The van der Waals surface area contributed by atoms with Gasteiger partial charge in [0.1, 0.15) is 5.52 Å². The molecule has 0 bridgehead atoms. The summed E-state index contributed by atoms with van der Waals surface area (Å²) >= 11 is 0. The third-order valence-corrected chi connectivity index (χ3v) is 2.71. The summed E-state index contributed by atoms with van der Waals surface area (Å²) in [6.45, 7) is 7.76. The third kappa shape index (κ3) is 2.87. The molecule has 0 aliphatic heterocycles. The van der Waals surface area contributed by atoms with Gasteiger partial charge in [0.25, 0.3) is 0 Å². The van der Waals surface area contributed by atoms with E-state index in [1.807, 2.05) is 31.2 Å². The van der Waals surface area contributed by atoms with Crippen molar-refractivity contribution in [3.63, 3.8) is 0 Å². The molecule has 0 fully saturated rings. The van der Waals surface area contributed by atoms with Crippen molar-refractivity contribution < 1.29 is 4.42 Å². The topological polar surface area (TPSA) is 38.1 Å². The number of nitrogens with zero attached hydrogens (tertiary/aromatic N) is 1. The Labute approximate surface area is 102 Å². The van der Waals surface area contributed by atoms with Gasteiger partial charge >= 0.3 is 0 Å². The second kappa shape index (κ2) is 5.04. The van der Waals surface area contributed by atoms with E-state index in [2.05, 4.69) is 23.8 Å². The van der Waals surface area contributed by atoms with E-state index in [1.54, 1.807) is 0 Å². The molecule has 2 rings (SSSR count). The van der Waals surface area contributed by atoms with Gasteiger partial charge < -0.3 is 9.73 Å². The number of oxazole rings is 1. The molecule has 1 atom stereocenters. The van der Waals surface area contributed by atoms with Gasteiger partial charge in [-0.25, -0.2) is 4.98 Å². The van der Waals surface area contributed by atoms with Crippen LogP contribution < -0.4 is 5.32 Å². The standard InChI is InChI=1S/C14H18N2O/c1-4-5-6-10(2)15-12-7-8-14-13(9-12)16-11(3)17-14/h4,7-10,15H,1,5-6H2,2-3H3. The molecule has 0 saturated carbocycles. The van der Waals surface area contributed by atoms with Crippen molar-refractivity contribution in [1.82, 2.24) is 4.98 Å². The van der Waals surface area contributed by atoms with Gasteiger partial charge in [0.15, 0.2) is 11.5 Å². The van der Waals surface area contributed by atoms with E-state index in [4.69, 9.17) is 4.42 Å². The molecular formula is C14H18N2O. The van der Waals surface area contributed by atoms with Crippen LogP contribution in [0.2, 0.25) is 0 Å². The second-order valence-electron chi connectivity index (χ2n) is 4.33. The summed E-state index contributed by atoms with van der Waals surface area (Å²) in [7, 11) is 0. The average Bonchev–Trinajstić information content (AvgIpc) is 2.65. The minimum Gasteiger partial charge on any atom is -0.441 e. The Bertz CT molecular complexity index is 516. The zero-order chi connectivity index (χ0) is 12.3. The molecule has 1 unspecified atom stereocenters. The molecule has 2 aromatic rings. The number of aryl methyl sites for hydroxylation is 1. The number of anilines is 1. The lowest BCUT2D eigenvalue weighted by Gasteiger charge is -2.13. The van der Waals surface area contributed by atoms with Crippen LogP contribution in [0.5, 0.6) is 0 Å². The van der Waals surface area contributed by atoms with Gasteiger partial charge in [-0.3, -0.25) is 0 Å². The van der Waals surface area contributed by atoms with Crippen molar-refractivity contribution in [3.05, 3.63) is 36.7 Å². The number of allylic oxidation sites excluding steroid dienone is 1. The van der Waals surface area contributed by atoms with Crippen LogP contribution in [0.3, 0.4) is 0 Å². The van der Waals surface area contributed by atoms with Gasteiger partial charge in [0.2, 0.25) is 0 Å². The minimum atomic E-state index is 0.429. The maximum atomic E-state index is 5.44. The summed E-state index contributed by atoms with van der Waals surface area (Å²) in [4.78, 5) is 4.32. The van der Waals surface area contributed by atoms with Gasteiger partial charge in [-0.2, -0.15) is 0 Å². The molecule has 0 aliphatic rings. The second-order valence-corrected chi connectivity index (χ2v) is 4.33. The molecule has 1 aromatic carbocycles. The summed E-state index contributed by atoms with van der Waals surface area (Å²) in [6.07, 6.45) is 4.06. The minimum absolute atomic E-state index is 0.429. The lowest BCUT2D eigenvalue weighted by atomic mass is 10.1. The lowest BCUT2D eigenvalue weighted by Crippen LogP contribution is -2.14. The van der Waals surface area contributed by atoms with Crippen LogP contribution >= 0.6 is 0 Å². The Morgan fingerprint density at radius 2 is 2.35 bits per heavy atom. The molecule has 1 aromatic heterocycles. The monoisotopic (exact) mass is 230 g/mol. The third-order valence-electron chi connectivity index (χ3n) is 2.71. The van der Waals surface area contributed by atoms with Gasteiger partial charge in [-0.1, -0.05) is 6.08 Å². The predicted molar refractivity (Wildman–Crippen MR) is 71.3 cm³/mol. The van der Waals surface area contributed by atoms with E-state index >= 15 is 0 Å². The number of benzene rings is 1. The first-order chi connectivity index (χ1) is 8.19.